The molecule has 0 unspecified atom stereocenters. The van der Waals surface area contributed by atoms with Crippen LogP contribution in [0.3, 0.4) is 0 Å². The summed E-state index contributed by atoms with van der Waals surface area (Å²) in [4.78, 5) is 0. The van der Waals surface area contributed by atoms with Gasteiger partial charge in [0.2, 0.25) is 0 Å². The molecule has 2 nitrogen and oxygen atoms in total. The highest BCUT2D eigenvalue weighted by Gasteiger charge is 2.22. The van der Waals surface area contributed by atoms with Crippen molar-refractivity contribution in [3.05, 3.63) is 121 Å². The molecule has 2 heteroatoms. The second-order valence-corrected chi connectivity index (χ2v) is 8.24. The van der Waals surface area contributed by atoms with E-state index in [-0.39, 0.29) is 0 Å². The Morgan fingerprint density at radius 2 is 0.906 bits per heavy atom. The van der Waals surface area contributed by atoms with Crippen molar-refractivity contribution in [3.8, 4) is 11.4 Å². The SMILES string of the molecule is c1ccc(-n2c3ccccc3c3c2c2ccccc2n3-c2cccc3ccccc23)cc1. The average molecular weight is 409 g/mol. The summed E-state index contributed by atoms with van der Waals surface area (Å²) in [6.07, 6.45) is 0. The molecule has 0 spiro atoms. The molecule has 0 saturated carbocycles. The number of benzene rings is 5. The predicted molar refractivity (Wildman–Crippen MR) is 135 cm³/mol. The molecular formula is C30H20N2. The number of hydrogen-bond donors (Lipinski definition) is 0. The topological polar surface area (TPSA) is 9.86 Å². The standard InChI is InChI=1S/C30H20N2/c1-2-13-22(14-3-1)31-27-18-8-6-16-24(27)30-29(31)25-17-7-9-19-28(25)32(30)26-20-10-12-21-11-4-5-15-23(21)26/h1-20H. The molecule has 0 saturated heterocycles. The van der Waals surface area contributed by atoms with Crippen LogP contribution >= 0.6 is 0 Å². The molecule has 0 atom stereocenters. The number of nitrogens with zero attached hydrogens (tertiary/aromatic N) is 2. The highest BCUT2D eigenvalue weighted by Crippen LogP contribution is 2.41. The molecule has 0 amide bonds. The molecular weight excluding hydrogens is 388 g/mol. The van der Waals surface area contributed by atoms with Crippen LogP contribution in [0.2, 0.25) is 0 Å². The minimum Gasteiger partial charge on any atom is -0.307 e. The Balaban J connectivity index is 1.76. The van der Waals surface area contributed by atoms with E-state index in [1.54, 1.807) is 0 Å². The van der Waals surface area contributed by atoms with Gasteiger partial charge >= 0.3 is 0 Å². The van der Waals surface area contributed by atoms with Crippen molar-refractivity contribution in [2.45, 2.75) is 0 Å². The maximum Gasteiger partial charge on any atom is 0.0804 e. The lowest BCUT2D eigenvalue weighted by molar-refractivity contribution is 1.18. The molecule has 0 fully saturated rings. The van der Waals surface area contributed by atoms with Gasteiger partial charge in [-0.15, -0.1) is 0 Å². The van der Waals surface area contributed by atoms with Crippen molar-refractivity contribution in [3.63, 3.8) is 0 Å². The third kappa shape index (κ3) is 2.29. The lowest BCUT2D eigenvalue weighted by Gasteiger charge is -2.11. The second-order valence-electron chi connectivity index (χ2n) is 8.24. The highest BCUT2D eigenvalue weighted by atomic mass is 15.1. The van der Waals surface area contributed by atoms with Crippen molar-refractivity contribution in [2.24, 2.45) is 0 Å². The van der Waals surface area contributed by atoms with Crippen LogP contribution < -0.4 is 0 Å². The monoisotopic (exact) mass is 408 g/mol. The van der Waals surface area contributed by atoms with E-state index in [1.807, 2.05) is 0 Å². The molecule has 7 aromatic rings. The Morgan fingerprint density at radius 1 is 0.375 bits per heavy atom. The van der Waals surface area contributed by atoms with Gasteiger partial charge in [0.15, 0.2) is 0 Å². The van der Waals surface area contributed by atoms with E-state index >= 15 is 0 Å². The molecule has 2 aromatic heterocycles. The number of aromatic nitrogens is 2. The Morgan fingerprint density at radius 3 is 1.66 bits per heavy atom. The maximum absolute atomic E-state index is 2.45. The third-order valence-corrected chi connectivity index (χ3v) is 6.49. The number of para-hydroxylation sites is 3. The van der Waals surface area contributed by atoms with Crippen LogP contribution in [0.1, 0.15) is 0 Å². The quantitative estimate of drug-likeness (QED) is 0.275. The Bertz CT molecular complexity index is 1760. The van der Waals surface area contributed by atoms with Crippen molar-refractivity contribution in [1.29, 1.82) is 0 Å². The Labute approximate surface area is 185 Å². The third-order valence-electron chi connectivity index (χ3n) is 6.49. The van der Waals surface area contributed by atoms with Crippen LogP contribution in [-0.2, 0) is 0 Å². The van der Waals surface area contributed by atoms with E-state index in [0.717, 1.165) is 0 Å². The molecule has 0 bridgehead atoms. The summed E-state index contributed by atoms with van der Waals surface area (Å²) in [6.45, 7) is 0. The zero-order valence-corrected chi connectivity index (χ0v) is 17.4. The molecule has 32 heavy (non-hydrogen) atoms. The van der Waals surface area contributed by atoms with E-state index in [2.05, 4.69) is 130 Å². The van der Waals surface area contributed by atoms with Gasteiger partial charge in [0, 0.05) is 21.8 Å². The van der Waals surface area contributed by atoms with Gasteiger partial charge < -0.3 is 9.13 Å². The number of hydrogen-bond acceptors (Lipinski definition) is 0. The molecule has 0 aliphatic carbocycles. The average Bonchev–Trinajstić information content (AvgIpc) is 3.37. The summed E-state index contributed by atoms with van der Waals surface area (Å²) < 4.78 is 4.86. The van der Waals surface area contributed by atoms with E-state index in [0.29, 0.717) is 0 Å². The lowest BCUT2D eigenvalue weighted by Crippen LogP contribution is -1.95. The van der Waals surface area contributed by atoms with Crippen LogP contribution in [0.4, 0.5) is 0 Å². The molecule has 5 aromatic carbocycles. The maximum atomic E-state index is 2.45. The van der Waals surface area contributed by atoms with E-state index in [1.165, 1.54) is 55.0 Å². The minimum atomic E-state index is 1.18. The summed E-state index contributed by atoms with van der Waals surface area (Å²) in [7, 11) is 0. The normalized spacial score (nSPS) is 11.8. The fourth-order valence-corrected chi connectivity index (χ4v) is 5.19. The van der Waals surface area contributed by atoms with Gasteiger partial charge in [-0.25, -0.2) is 0 Å². The summed E-state index contributed by atoms with van der Waals surface area (Å²) in [5.74, 6) is 0. The van der Waals surface area contributed by atoms with Crippen molar-refractivity contribution < 1.29 is 0 Å². The van der Waals surface area contributed by atoms with Gasteiger partial charge in [0.1, 0.15) is 0 Å². The summed E-state index contributed by atoms with van der Waals surface area (Å²) >= 11 is 0. The molecule has 150 valence electrons. The van der Waals surface area contributed by atoms with Crippen molar-refractivity contribution in [1.82, 2.24) is 9.13 Å². The van der Waals surface area contributed by atoms with Crippen LogP contribution in [0.15, 0.2) is 121 Å². The van der Waals surface area contributed by atoms with Crippen molar-refractivity contribution in [2.75, 3.05) is 0 Å². The first kappa shape index (κ1) is 17.4. The molecule has 0 aliphatic rings. The number of fused-ring (bicyclic) bond motifs is 6. The largest absolute Gasteiger partial charge is 0.307 e. The smallest absolute Gasteiger partial charge is 0.0804 e. The molecule has 0 radical (unpaired) electrons. The lowest BCUT2D eigenvalue weighted by atomic mass is 10.1. The van der Waals surface area contributed by atoms with E-state index < -0.39 is 0 Å². The second kappa shape index (κ2) is 6.60. The molecule has 0 N–H and O–H groups in total. The van der Waals surface area contributed by atoms with E-state index in [9.17, 15) is 0 Å². The van der Waals surface area contributed by atoms with Gasteiger partial charge in [0.05, 0.1) is 27.8 Å². The highest BCUT2D eigenvalue weighted by molar-refractivity contribution is 6.20. The summed E-state index contributed by atoms with van der Waals surface area (Å²) in [5.41, 5.74) is 7.35. The molecule has 0 aliphatic heterocycles. The zero-order valence-electron chi connectivity index (χ0n) is 17.4. The van der Waals surface area contributed by atoms with Gasteiger partial charge in [-0.3, -0.25) is 0 Å². The van der Waals surface area contributed by atoms with Crippen LogP contribution in [-0.4, -0.2) is 9.13 Å². The summed E-state index contributed by atoms with van der Waals surface area (Å²) in [6, 6.07) is 43.4. The van der Waals surface area contributed by atoms with Crippen molar-refractivity contribution >= 4 is 43.6 Å². The number of rotatable bonds is 2. The first-order valence-electron chi connectivity index (χ1n) is 11.0. The van der Waals surface area contributed by atoms with Gasteiger partial charge in [-0.2, -0.15) is 0 Å². The minimum absolute atomic E-state index is 1.18. The first-order valence-corrected chi connectivity index (χ1v) is 11.0. The van der Waals surface area contributed by atoms with Gasteiger partial charge in [0.25, 0.3) is 0 Å². The van der Waals surface area contributed by atoms with Gasteiger partial charge in [-0.05, 0) is 35.7 Å². The fraction of sp³-hybridized carbons (Fsp3) is 0. The van der Waals surface area contributed by atoms with Crippen LogP contribution in [0.25, 0.3) is 55.0 Å². The Hall–Kier alpha value is -4.30. The predicted octanol–water partition coefficient (Wildman–Crippen LogP) is 7.88. The molecule has 7 rings (SSSR count). The first-order chi connectivity index (χ1) is 15.9. The fourth-order valence-electron chi connectivity index (χ4n) is 5.19. The van der Waals surface area contributed by atoms with Crippen LogP contribution in [0, 0.1) is 0 Å². The summed E-state index contributed by atoms with van der Waals surface area (Å²) in [5, 5.41) is 5.03. The zero-order chi connectivity index (χ0) is 21.1. The van der Waals surface area contributed by atoms with Gasteiger partial charge in [-0.1, -0.05) is 91.0 Å². The van der Waals surface area contributed by atoms with E-state index in [4.69, 9.17) is 0 Å². The van der Waals surface area contributed by atoms with Crippen LogP contribution in [0.5, 0.6) is 0 Å². The molecule has 2 heterocycles. The Kier molecular flexibility index (Phi) is 3.58.